The summed E-state index contributed by atoms with van der Waals surface area (Å²) in [5, 5.41) is 0. The first-order valence-corrected chi connectivity index (χ1v) is 13.7. The lowest BCUT2D eigenvalue weighted by molar-refractivity contribution is 0.428. The van der Waals surface area contributed by atoms with Crippen molar-refractivity contribution in [3.05, 3.63) is 0 Å². The Kier molecular flexibility index (Phi) is 23.3. The Morgan fingerprint density at radius 1 is 0.321 bits per heavy atom. The van der Waals surface area contributed by atoms with Crippen molar-refractivity contribution in [3.63, 3.8) is 0 Å². The van der Waals surface area contributed by atoms with Gasteiger partial charge in [0.25, 0.3) is 0 Å². The minimum absolute atomic E-state index is 0.966. The molecule has 0 saturated heterocycles. The van der Waals surface area contributed by atoms with Crippen molar-refractivity contribution in [2.45, 2.75) is 169 Å². The van der Waals surface area contributed by atoms with Crippen molar-refractivity contribution in [1.29, 1.82) is 0 Å². The third-order valence-electron chi connectivity index (χ3n) is 6.74. The van der Waals surface area contributed by atoms with Gasteiger partial charge in [0.15, 0.2) is 0 Å². The largest absolute Gasteiger partial charge is 0.0654 e. The van der Waals surface area contributed by atoms with Crippen LogP contribution in [0.2, 0.25) is 0 Å². The minimum atomic E-state index is 0.966. The van der Waals surface area contributed by atoms with E-state index in [0.29, 0.717) is 0 Å². The summed E-state index contributed by atoms with van der Waals surface area (Å²) in [5.41, 5.74) is 0. The molecule has 2 unspecified atom stereocenters. The van der Waals surface area contributed by atoms with E-state index in [4.69, 9.17) is 0 Å². The lowest BCUT2D eigenvalue weighted by Gasteiger charge is -2.11. The molecule has 0 aliphatic heterocycles. The van der Waals surface area contributed by atoms with E-state index in [1.54, 1.807) is 0 Å². The molecule has 0 heterocycles. The lowest BCUT2D eigenvalue weighted by Crippen LogP contribution is -1.95. The Labute approximate surface area is 181 Å². The molecule has 0 aliphatic carbocycles. The second-order valence-corrected chi connectivity index (χ2v) is 10.0. The quantitative estimate of drug-likeness (QED) is 0.151. The number of hydrogen-bond donors (Lipinski definition) is 0. The van der Waals surface area contributed by atoms with E-state index in [1.807, 2.05) is 0 Å². The SMILES string of the molecule is CCCCCCCCCC(C)CCCCCCCCCCCC(C)CCCC. The Hall–Kier alpha value is 0. The monoisotopic (exact) mass is 394 g/mol. The average Bonchev–Trinajstić information content (AvgIpc) is 2.69. The second-order valence-electron chi connectivity index (χ2n) is 10.0. The van der Waals surface area contributed by atoms with Crippen molar-refractivity contribution < 1.29 is 0 Å². The Morgan fingerprint density at radius 3 is 0.893 bits per heavy atom. The maximum Gasteiger partial charge on any atom is -0.0443 e. The summed E-state index contributed by atoms with van der Waals surface area (Å²) < 4.78 is 0. The fourth-order valence-corrected chi connectivity index (χ4v) is 4.51. The van der Waals surface area contributed by atoms with Gasteiger partial charge in [-0.1, -0.05) is 169 Å². The van der Waals surface area contributed by atoms with Crippen LogP contribution in [-0.4, -0.2) is 0 Å². The van der Waals surface area contributed by atoms with Gasteiger partial charge in [-0.3, -0.25) is 0 Å². The van der Waals surface area contributed by atoms with E-state index < -0.39 is 0 Å². The predicted octanol–water partition coefficient (Wildman–Crippen LogP) is 10.9. The molecular weight excluding hydrogens is 336 g/mol. The van der Waals surface area contributed by atoms with Gasteiger partial charge in [-0.2, -0.15) is 0 Å². The summed E-state index contributed by atoms with van der Waals surface area (Å²) in [5.74, 6) is 1.93. The smallest absolute Gasteiger partial charge is 0.0443 e. The molecule has 28 heavy (non-hydrogen) atoms. The molecule has 170 valence electrons. The zero-order valence-electron chi connectivity index (χ0n) is 20.7. The molecule has 0 amide bonds. The number of unbranched alkanes of at least 4 members (excludes halogenated alkanes) is 15. The van der Waals surface area contributed by atoms with Gasteiger partial charge in [0.2, 0.25) is 0 Å². The van der Waals surface area contributed by atoms with Gasteiger partial charge in [-0.15, -0.1) is 0 Å². The molecule has 0 bridgehead atoms. The van der Waals surface area contributed by atoms with Crippen LogP contribution in [0.1, 0.15) is 169 Å². The average molecular weight is 395 g/mol. The van der Waals surface area contributed by atoms with Crippen LogP contribution in [0, 0.1) is 11.8 Å². The summed E-state index contributed by atoms with van der Waals surface area (Å²) in [6.45, 7) is 9.55. The normalized spacial score (nSPS) is 13.7. The van der Waals surface area contributed by atoms with Gasteiger partial charge in [0.05, 0.1) is 0 Å². The van der Waals surface area contributed by atoms with Crippen molar-refractivity contribution in [2.75, 3.05) is 0 Å². The summed E-state index contributed by atoms with van der Waals surface area (Å²) in [4.78, 5) is 0. The molecule has 0 aromatic carbocycles. The maximum atomic E-state index is 2.49. The second kappa shape index (κ2) is 23.3. The molecule has 0 N–H and O–H groups in total. The van der Waals surface area contributed by atoms with Crippen LogP contribution in [0.5, 0.6) is 0 Å². The van der Waals surface area contributed by atoms with Gasteiger partial charge in [-0.05, 0) is 11.8 Å². The lowest BCUT2D eigenvalue weighted by atomic mass is 9.95. The fourth-order valence-electron chi connectivity index (χ4n) is 4.51. The van der Waals surface area contributed by atoms with E-state index >= 15 is 0 Å². The van der Waals surface area contributed by atoms with Crippen molar-refractivity contribution >= 4 is 0 Å². The zero-order chi connectivity index (χ0) is 20.7. The highest BCUT2D eigenvalue weighted by Crippen LogP contribution is 2.20. The van der Waals surface area contributed by atoms with Crippen LogP contribution in [0.4, 0.5) is 0 Å². The third kappa shape index (κ3) is 22.3. The highest BCUT2D eigenvalue weighted by molar-refractivity contribution is 4.57. The standard InChI is InChI=1S/C28H58/c1-5-7-9-10-14-17-21-25-28(4)26-22-19-16-13-11-12-15-18-20-24-27(3)23-8-6-2/h27-28H,5-26H2,1-4H3. The van der Waals surface area contributed by atoms with E-state index in [-0.39, 0.29) is 0 Å². The van der Waals surface area contributed by atoms with Crippen molar-refractivity contribution in [2.24, 2.45) is 11.8 Å². The number of hydrogen-bond acceptors (Lipinski definition) is 0. The number of rotatable bonds is 23. The van der Waals surface area contributed by atoms with E-state index in [1.165, 1.54) is 141 Å². The maximum absolute atomic E-state index is 2.49. The van der Waals surface area contributed by atoms with Gasteiger partial charge < -0.3 is 0 Å². The molecule has 0 fully saturated rings. The molecule has 0 saturated carbocycles. The molecule has 0 rings (SSSR count). The molecule has 0 nitrogen and oxygen atoms in total. The van der Waals surface area contributed by atoms with Gasteiger partial charge in [0.1, 0.15) is 0 Å². The molecule has 0 aromatic heterocycles. The summed E-state index contributed by atoms with van der Waals surface area (Å²) in [6.07, 6.45) is 32.2. The minimum Gasteiger partial charge on any atom is -0.0654 e. The van der Waals surface area contributed by atoms with E-state index in [9.17, 15) is 0 Å². The van der Waals surface area contributed by atoms with Crippen LogP contribution in [0.25, 0.3) is 0 Å². The molecular formula is C28H58. The van der Waals surface area contributed by atoms with Crippen molar-refractivity contribution in [1.82, 2.24) is 0 Å². The van der Waals surface area contributed by atoms with Gasteiger partial charge in [0, 0.05) is 0 Å². The molecule has 0 aromatic rings. The van der Waals surface area contributed by atoms with E-state index in [0.717, 1.165) is 11.8 Å². The molecule has 0 radical (unpaired) electrons. The highest BCUT2D eigenvalue weighted by atomic mass is 14.1. The molecule has 0 heteroatoms. The Morgan fingerprint density at radius 2 is 0.571 bits per heavy atom. The fraction of sp³-hybridized carbons (Fsp3) is 1.00. The zero-order valence-corrected chi connectivity index (χ0v) is 20.7. The third-order valence-corrected chi connectivity index (χ3v) is 6.74. The highest BCUT2D eigenvalue weighted by Gasteiger charge is 2.03. The van der Waals surface area contributed by atoms with Crippen LogP contribution in [0.3, 0.4) is 0 Å². The summed E-state index contributed by atoms with van der Waals surface area (Å²) >= 11 is 0. The van der Waals surface area contributed by atoms with Gasteiger partial charge in [-0.25, -0.2) is 0 Å². The molecule has 0 spiro atoms. The van der Waals surface area contributed by atoms with Gasteiger partial charge >= 0.3 is 0 Å². The summed E-state index contributed by atoms with van der Waals surface area (Å²) in [7, 11) is 0. The summed E-state index contributed by atoms with van der Waals surface area (Å²) in [6, 6.07) is 0. The first-order chi connectivity index (χ1) is 13.7. The van der Waals surface area contributed by atoms with Crippen LogP contribution < -0.4 is 0 Å². The van der Waals surface area contributed by atoms with Crippen LogP contribution in [-0.2, 0) is 0 Å². The predicted molar refractivity (Wildman–Crippen MR) is 131 cm³/mol. The Bertz CT molecular complexity index is 269. The first kappa shape index (κ1) is 28.0. The molecule has 0 aliphatic rings. The van der Waals surface area contributed by atoms with Crippen molar-refractivity contribution in [3.8, 4) is 0 Å². The Balaban J connectivity index is 3.18. The first-order valence-electron chi connectivity index (χ1n) is 13.7. The van der Waals surface area contributed by atoms with Crippen LogP contribution in [0.15, 0.2) is 0 Å². The molecule has 2 atom stereocenters. The van der Waals surface area contributed by atoms with Crippen LogP contribution >= 0.6 is 0 Å². The van der Waals surface area contributed by atoms with E-state index in [2.05, 4.69) is 27.7 Å². The topological polar surface area (TPSA) is 0 Å².